The van der Waals surface area contributed by atoms with E-state index in [0.717, 1.165) is 11.3 Å². The first-order valence-corrected chi connectivity index (χ1v) is 6.73. The van der Waals surface area contributed by atoms with Crippen molar-refractivity contribution in [2.45, 2.75) is 6.92 Å². The molecule has 0 unspecified atom stereocenters. The molecule has 0 radical (unpaired) electrons. The number of aromatic carboxylic acids is 1. The van der Waals surface area contributed by atoms with Gasteiger partial charge in [-0.15, -0.1) is 11.3 Å². The summed E-state index contributed by atoms with van der Waals surface area (Å²) in [5, 5.41) is 27.4. The average molecular weight is 298 g/mol. The largest absolute Gasteiger partial charge is 0.477 e. The lowest BCUT2D eigenvalue weighted by Crippen LogP contribution is -1.94. The smallest absolute Gasteiger partial charge is 0.347 e. The molecule has 2 aromatic rings. The zero-order chi connectivity index (χ0) is 15.4. The van der Waals surface area contributed by atoms with Crippen molar-refractivity contribution in [3.8, 4) is 28.5 Å². The highest BCUT2D eigenvalue weighted by atomic mass is 32.1. The van der Waals surface area contributed by atoms with Crippen LogP contribution in [0.3, 0.4) is 0 Å². The minimum absolute atomic E-state index is 0.188. The first-order valence-electron chi connectivity index (χ1n) is 5.91. The van der Waals surface area contributed by atoms with Crippen molar-refractivity contribution in [3.05, 3.63) is 39.9 Å². The summed E-state index contributed by atoms with van der Waals surface area (Å²) >= 11 is 1.07. The van der Waals surface area contributed by atoms with E-state index in [1.54, 1.807) is 25.1 Å². The lowest BCUT2D eigenvalue weighted by molar-refractivity contribution is 0.0701. The van der Waals surface area contributed by atoms with Gasteiger partial charge in [0.05, 0.1) is 11.3 Å². The van der Waals surface area contributed by atoms with Crippen molar-refractivity contribution in [3.63, 3.8) is 0 Å². The number of aliphatic hydroxyl groups is 1. The van der Waals surface area contributed by atoms with Crippen molar-refractivity contribution in [2.75, 3.05) is 6.61 Å². The van der Waals surface area contributed by atoms with Crippen molar-refractivity contribution in [1.82, 2.24) is 4.98 Å². The molecule has 0 aliphatic rings. The van der Waals surface area contributed by atoms with Crippen LogP contribution in [0.1, 0.15) is 26.5 Å². The molecule has 21 heavy (non-hydrogen) atoms. The molecule has 0 spiro atoms. The molecular formula is C15H10N2O3S. The average Bonchev–Trinajstić information content (AvgIpc) is 2.87. The number of aryl methyl sites for hydroxylation is 1. The third kappa shape index (κ3) is 3.09. The number of hydrogen-bond donors (Lipinski definition) is 2. The number of aromatic nitrogens is 1. The number of nitriles is 1. The monoisotopic (exact) mass is 298 g/mol. The standard InChI is InChI=1S/C15H10N2O3S/c1-9-13(15(19)20)21-14(17-9)11-5-4-10(3-2-6-18)12(7-11)8-16/h4-5,7,18H,6H2,1H3,(H,19,20). The Morgan fingerprint density at radius 1 is 1.43 bits per heavy atom. The van der Waals surface area contributed by atoms with E-state index in [2.05, 4.69) is 16.8 Å². The van der Waals surface area contributed by atoms with Gasteiger partial charge in [-0.05, 0) is 19.1 Å². The number of nitrogens with zero attached hydrogens (tertiary/aromatic N) is 2. The number of aliphatic hydroxyl groups excluding tert-OH is 1. The lowest BCUT2D eigenvalue weighted by Gasteiger charge is -1.99. The van der Waals surface area contributed by atoms with Gasteiger partial charge < -0.3 is 10.2 Å². The number of rotatable bonds is 2. The normalized spacial score (nSPS) is 9.57. The zero-order valence-corrected chi connectivity index (χ0v) is 11.9. The van der Waals surface area contributed by atoms with Gasteiger partial charge in [0.1, 0.15) is 22.6 Å². The van der Waals surface area contributed by atoms with E-state index >= 15 is 0 Å². The molecule has 0 aliphatic carbocycles. The maximum Gasteiger partial charge on any atom is 0.347 e. The molecule has 0 atom stereocenters. The van der Waals surface area contributed by atoms with Gasteiger partial charge in [0, 0.05) is 11.1 Å². The van der Waals surface area contributed by atoms with Gasteiger partial charge in [0.15, 0.2) is 0 Å². The van der Waals surface area contributed by atoms with Crippen LogP contribution >= 0.6 is 11.3 Å². The second-order valence-corrected chi connectivity index (χ2v) is 5.07. The summed E-state index contributed by atoms with van der Waals surface area (Å²) in [4.78, 5) is 15.4. The van der Waals surface area contributed by atoms with E-state index in [1.807, 2.05) is 6.07 Å². The fraction of sp³-hybridized carbons (Fsp3) is 0.133. The number of thiazole rings is 1. The quantitative estimate of drug-likeness (QED) is 0.827. The minimum atomic E-state index is -1.01. The predicted octanol–water partition coefficient (Wildman–Crippen LogP) is 2.03. The molecule has 0 bridgehead atoms. The molecule has 0 aliphatic heterocycles. The third-order valence-corrected chi connectivity index (χ3v) is 3.87. The topological polar surface area (TPSA) is 94.2 Å². The van der Waals surface area contributed by atoms with Crippen LogP contribution in [0.15, 0.2) is 18.2 Å². The van der Waals surface area contributed by atoms with E-state index in [4.69, 9.17) is 15.5 Å². The van der Waals surface area contributed by atoms with Crippen LogP contribution in [0, 0.1) is 30.1 Å². The van der Waals surface area contributed by atoms with E-state index in [0.29, 0.717) is 27.4 Å². The van der Waals surface area contributed by atoms with Crippen molar-refractivity contribution in [1.29, 1.82) is 5.26 Å². The van der Waals surface area contributed by atoms with Crippen molar-refractivity contribution >= 4 is 17.3 Å². The highest BCUT2D eigenvalue weighted by molar-refractivity contribution is 7.17. The maximum absolute atomic E-state index is 11.0. The minimum Gasteiger partial charge on any atom is -0.477 e. The number of carboxylic acids is 1. The van der Waals surface area contributed by atoms with Gasteiger partial charge in [0.25, 0.3) is 0 Å². The number of carbonyl (C=O) groups is 1. The Kier molecular flexibility index (Phi) is 4.34. The number of carboxylic acid groups (broad SMARTS) is 1. The van der Waals surface area contributed by atoms with Crippen LogP contribution in [0.5, 0.6) is 0 Å². The van der Waals surface area contributed by atoms with Crippen LogP contribution in [-0.2, 0) is 0 Å². The highest BCUT2D eigenvalue weighted by Gasteiger charge is 2.15. The molecule has 5 nitrogen and oxygen atoms in total. The summed E-state index contributed by atoms with van der Waals surface area (Å²) in [5.41, 5.74) is 1.99. The fourth-order valence-corrected chi connectivity index (χ4v) is 2.63. The van der Waals surface area contributed by atoms with Crippen LogP contribution in [0.25, 0.3) is 10.6 Å². The Morgan fingerprint density at radius 3 is 2.76 bits per heavy atom. The fourth-order valence-electron chi connectivity index (χ4n) is 1.73. The maximum atomic E-state index is 11.0. The first-order chi connectivity index (χ1) is 10.1. The summed E-state index contributed by atoms with van der Waals surface area (Å²) < 4.78 is 0. The molecule has 0 saturated heterocycles. The van der Waals surface area contributed by atoms with Gasteiger partial charge in [-0.1, -0.05) is 17.9 Å². The van der Waals surface area contributed by atoms with Crippen molar-refractivity contribution < 1.29 is 15.0 Å². The lowest BCUT2D eigenvalue weighted by atomic mass is 10.1. The Balaban J connectivity index is 2.49. The molecule has 0 amide bonds. The predicted molar refractivity (Wildman–Crippen MR) is 77.9 cm³/mol. The molecule has 1 heterocycles. The second-order valence-electron chi connectivity index (χ2n) is 4.07. The summed E-state index contributed by atoms with van der Waals surface area (Å²) in [6, 6.07) is 7.04. The van der Waals surface area contributed by atoms with Crippen LogP contribution < -0.4 is 0 Å². The Bertz CT molecular complexity index is 807. The van der Waals surface area contributed by atoms with E-state index in [9.17, 15) is 4.79 Å². The van der Waals surface area contributed by atoms with Gasteiger partial charge in [-0.25, -0.2) is 9.78 Å². The van der Waals surface area contributed by atoms with E-state index in [-0.39, 0.29) is 11.5 Å². The van der Waals surface area contributed by atoms with Gasteiger partial charge in [-0.3, -0.25) is 0 Å². The van der Waals surface area contributed by atoms with Gasteiger partial charge in [0.2, 0.25) is 0 Å². The molecule has 0 fully saturated rings. The number of hydrogen-bond acceptors (Lipinski definition) is 5. The number of benzene rings is 1. The summed E-state index contributed by atoms with van der Waals surface area (Å²) in [6.07, 6.45) is 0. The van der Waals surface area contributed by atoms with Crippen LogP contribution in [0.4, 0.5) is 0 Å². The molecule has 104 valence electrons. The molecule has 6 heteroatoms. The Hall–Kier alpha value is -2.67. The van der Waals surface area contributed by atoms with Crippen LogP contribution in [-0.4, -0.2) is 27.8 Å². The van der Waals surface area contributed by atoms with E-state index < -0.39 is 5.97 Å². The Morgan fingerprint density at radius 2 is 2.19 bits per heavy atom. The highest BCUT2D eigenvalue weighted by Crippen LogP contribution is 2.29. The summed E-state index contributed by atoms with van der Waals surface area (Å²) in [7, 11) is 0. The summed E-state index contributed by atoms with van der Waals surface area (Å²) in [5.74, 6) is 4.17. The van der Waals surface area contributed by atoms with Gasteiger partial charge in [-0.2, -0.15) is 5.26 Å². The van der Waals surface area contributed by atoms with Crippen molar-refractivity contribution in [2.24, 2.45) is 0 Å². The van der Waals surface area contributed by atoms with Crippen LogP contribution in [0.2, 0.25) is 0 Å². The summed E-state index contributed by atoms with van der Waals surface area (Å²) in [6.45, 7) is 1.36. The molecule has 1 aromatic carbocycles. The second kappa shape index (κ2) is 6.19. The SMILES string of the molecule is Cc1nc(-c2ccc(C#CCO)c(C#N)c2)sc1C(=O)O. The molecular weight excluding hydrogens is 288 g/mol. The Labute approximate surface area is 125 Å². The molecule has 2 N–H and O–H groups in total. The molecule has 1 aromatic heterocycles. The van der Waals surface area contributed by atoms with E-state index in [1.165, 1.54) is 0 Å². The molecule has 2 rings (SSSR count). The molecule has 0 saturated carbocycles. The first kappa shape index (κ1) is 14.7. The van der Waals surface area contributed by atoms with Gasteiger partial charge >= 0.3 is 5.97 Å². The third-order valence-electron chi connectivity index (χ3n) is 2.68. The zero-order valence-electron chi connectivity index (χ0n) is 11.0.